The van der Waals surface area contributed by atoms with Crippen molar-refractivity contribution in [1.29, 1.82) is 0 Å². The van der Waals surface area contributed by atoms with Crippen LogP contribution in [0.3, 0.4) is 0 Å². The molecule has 2 rings (SSSR count). The molecule has 2 heterocycles. The summed E-state index contributed by atoms with van der Waals surface area (Å²) in [4.78, 5) is 14.9. The van der Waals surface area contributed by atoms with Crippen LogP contribution in [0.4, 0.5) is 0 Å². The van der Waals surface area contributed by atoms with Crippen LogP contribution in [0.5, 0.6) is 0 Å². The van der Waals surface area contributed by atoms with E-state index in [2.05, 4.69) is 4.99 Å². The minimum absolute atomic E-state index is 0.114. The standard InChI is InChI=1S/C8H8N2O4/c11-7(10-12)5-4-14-8(9-5)6-2-1-3-13-6/h1-3,5,12H,4H2,(H,10,11)/t5-/m1/s1. The van der Waals surface area contributed by atoms with Crippen LogP contribution in [0.1, 0.15) is 5.76 Å². The Morgan fingerprint density at radius 1 is 1.71 bits per heavy atom. The van der Waals surface area contributed by atoms with Gasteiger partial charge in [-0.15, -0.1) is 0 Å². The van der Waals surface area contributed by atoms with Crippen LogP contribution < -0.4 is 5.48 Å². The van der Waals surface area contributed by atoms with Crippen molar-refractivity contribution in [3.63, 3.8) is 0 Å². The molecule has 1 aromatic rings. The second kappa shape index (κ2) is 3.51. The summed E-state index contributed by atoms with van der Waals surface area (Å²) in [5.74, 6) is 0.161. The fourth-order valence-corrected chi connectivity index (χ4v) is 1.12. The molecule has 2 N–H and O–H groups in total. The fraction of sp³-hybridized carbons (Fsp3) is 0.250. The van der Waals surface area contributed by atoms with Gasteiger partial charge in [0.05, 0.1) is 6.26 Å². The second-order valence-corrected chi connectivity index (χ2v) is 2.71. The van der Waals surface area contributed by atoms with Gasteiger partial charge in [0.25, 0.3) is 11.8 Å². The highest BCUT2D eigenvalue weighted by atomic mass is 16.5. The van der Waals surface area contributed by atoms with Gasteiger partial charge in [0.1, 0.15) is 6.61 Å². The highest BCUT2D eigenvalue weighted by Gasteiger charge is 2.27. The van der Waals surface area contributed by atoms with E-state index in [0.717, 1.165) is 0 Å². The van der Waals surface area contributed by atoms with Gasteiger partial charge in [-0.3, -0.25) is 10.0 Å². The number of rotatable bonds is 2. The van der Waals surface area contributed by atoms with Gasteiger partial charge in [0.15, 0.2) is 11.8 Å². The Morgan fingerprint density at radius 3 is 3.21 bits per heavy atom. The van der Waals surface area contributed by atoms with Gasteiger partial charge in [-0.2, -0.15) is 0 Å². The largest absolute Gasteiger partial charge is 0.472 e. The fourth-order valence-electron chi connectivity index (χ4n) is 1.12. The molecule has 6 nitrogen and oxygen atoms in total. The van der Waals surface area contributed by atoms with Crippen LogP contribution >= 0.6 is 0 Å². The average molecular weight is 196 g/mol. The first-order chi connectivity index (χ1) is 6.81. The molecule has 0 aliphatic carbocycles. The summed E-state index contributed by atoms with van der Waals surface area (Å²) in [5.41, 5.74) is 1.52. The first-order valence-corrected chi connectivity index (χ1v) is 3.99. The van der Waals surface area contributed by atoms with E-state index in [-0.39, 0.29) is 12.5 Å². The van der Waals surface area contributed by atoms with Crippen molar-refractivity contribution in [2.24, 2.45) is 4.99 Å². The summed E-state index contributed by atoms with van der Waals surface area (Å²) >= 11 is 0. The van der Waals surface area contributed by atoms with Crippen molar-refractivity contribution in [1.82, 2.24) is 5.48 Å². The molecular weight excluding hydrogens is 188 g/mol. The monoisotopic (exact) mass is 196 g/mol. The van der Waals surface area contributed by atoms with Crippen LogP contribution in [-0.4, -0.2) is 29.7 Å². The van der Waals surface area contributed by atoms with Crippen molar-refractivity contribution in [2.75, 3.05) is 6.61 Å². The summed E-state index contributed by atoms with van der Waals surface area (Å²) in [5, 5.41) is 8.36. The molecule has 0 aromatic carbocycles. The maximum Gasteiger partial charge on any atom is 0.271 e. The molecule has 0 fully saturated rings. The van der Waals surface area contributed by atoms with Crippen molar-refractivity contribution >= 4 is 11.8 Å². The predicted molar refractivity (Wildman–Crippen MR) is 44.9 cm³/mol. The number of aliphatic imine (C=N–C) groups is 1. The number of hydrogen-bond acceptors (Lipinski definition) is 5. The first kappa shape index (κ1) is 8.76. The minimum atomic E-state index is -0.708. The smallest absolute Gasteiger partial charge is 0.271 e. The predicted octanol–water partition coefficient (Wildman–Crippen LogP) is -0.0696. The molecule has 0 saturated carbocycles. The summed E-state index contributed by atoms with van der Waals surface area (Å²) < 4.78 is 10.1. The summed E-state index contributed by atoms with van der Waals surface area (Å²) in [6.45, 7) is 0.114. The molecule has 14 heavy (non-hydrogen) atoms. The number of nitrogens with one attached hydrogen (secondary N) is 1. The van der Waals surface area contributed by atoms with Crippen LogP contribution in [-0.2, 0) is 9.53 Å². The topological polar surface area (TPSA) is 84.1 Å². The lowest BCUT2D eigenvalue weighted by molar-refractivity contribution is -0.130. The lowest BCUT2D eigenvalue weighted by atomic mass is 10.3. The second-order valence-electron chi connectivity index (χ2n) is 2.71. The Morgan fingerprint density at radius 2 is 2.57 bits per heavy atom. The van der Waals surface area contributed by atoms with E-state index in [1.54, 1.807) is 12.1 Å². The lowest BCUT2D eigenvalue weighted by Gasteiger charge is -1.99. The number of nitrogens with zero attached hydrogens (tertiary/aromatic N) is 1. The molecule has 1 aliphatic rings. The molecule has 1 aliphatic heterocycles. The number of carbonyl (C=O) groups excluding carboxylic acids is 1. The maximum absolute atomic E-state index is 11.0. The molecule has 0 saturated heterocycles. The number of amides is 1. The van der Waals surface area contributed by atoms with Gasteiger partial charge in [-0.25, -0.2) is 10.5 Å². The number of carbonyl (C=O) groups is 1. The van der Waals surface area contributed by atoms with E-state index in [9.17, 15) is 4.79 Å². The van der Waals surface area contributed by atoms with E-state index in [1.807, 2.05) is 0 Å². The summed E-state index contributed by atoms with van der Waals surface area (Å²) in [7, 11) is 0. The molecule has 1 aromatic heterocycles. The van der Waals surface area contributed by atoms with E-state index >= 15 is 0 Å². The zero-order valence-electron chi connectivity index (χ0n) is 7.14. The van der Waals surface area contributed by atoms with Crippen molar-refractivity contribution in [3.8, 4) is 0 Å². The van der Waals surface area contributed by atoms with Crippen molar-refractivity contribution < 1.29 is 19.2 Å². The Balaban J connectivity index is 2.14. The summed E-state index contributed by atoms with van der Waals surface area (Å²) in [6, 6.07) is 2.67. The summed E-state index contributed by atoms with van der Waals surface area (Å²) in [6.07, 6.45) is 1.49. The third kappa shape index (κ3) is 1.47. The number of hydrogen-bond donors (Lipinski definition) is 2. The van der Waals surface area contributed by atoms with E-state index < -0.39 is 11.9 Å². The molecule has 0 bridgehead atoms. The molecule has 0 spiro atoms. The van der Waals surface area contributed by atoms with Crippen molar-refractivity contribution in [2.45, 2.75) is 6.04 Å². The Labute approximate surface area is 79.1 Å². The number of ether oxygens (including phenoxy) is 1. The average Bonchev–Trinajstić information content (AvgIpc) is 2.86. The Kier molecular flexibility index (Phi) is 2.19. The van der Waals surface area contributed by atoms with Gasteiger partial charge in [-0.05, 0) is 12.1 Å². The molecule has 74 valence electrons. The first-order valence-electron chi connectivity index (χ1n) is 3.99. The quantitative estimate of drug-likeness (QED) is 0.512. The lowest BCUT2D eigenvalue weighted by Crippen LogP contribution is -2.31. The molecule has 0 radical (unpaired) electrons. The van der Waals surface area contributed by atoms with Gasteiger partial charge in [0, 0.05) is 0 Å². The van der Waals surface area contributed by atoms with Crippen LogP contribution in [0.15, 0.2) is 27.8 Å². The zero-order chi connectivity index (χ0) is 9.97. The molecular formula is C8H8N2O4. The Bertz CT molecular complexity index is 357. The van der Waals surface area contributed by atoms with E-state index in [4.69, 9.17) is 14.4 Å². The van der Waals surface area contributed by atoms with Gasteiger partial charge < -0.3 is 9.15 Å². The third-order valence-corrected chi connectivity index (χ3v) is 1.80. The molecule has 0 unspecified atom stereocenters. The third-order valence-electron chi connectivity index (χ3n) is 1.80. The van der Waals surface area contributed by atoms with Crippen molar-refractivity contribution in [3.05, 3.63) is 24.2 Å². The maximum atomic E-state index is 11.0. The van der Waals surface area contributed by atoms with Crippen LogP contribution in [0.25, 0.3) is 0 Å². The van der Waals surface area contributed by atoms with Gasteiger partial charge >= 0.3 is 0 Å². The van der Waals surface area contributed by atoms with Gasteiger partial charge in [0.2, 0.25) is 0 Å². The molecule has 6 heteroatoms. The Hall–Kier alpha value is -1.82. The van der Waals surface area contributed by atoms with E-state index in [0.29, 0.717) is 5.76 Å². The number of furan rings is 1. The zero-order valence-corrected chi connectivity index (χ0v) is 7.14. The molecule has 1 atom stereocenters. The minimum Gasteiger partial charge on any atom is -0.472 e. The highest BCUT2D eigenvalue weighted by molar-refractivity contribution is 5.96. The normalized spacial score (nSPS) is 20.1. The highest BCUT2D eigenvalue weighted by Crippen LogP contribution is 2.12. The SMILES string of the molecule is O=C(NO)[C@H]1COC(c2ccco2)=N1. The number of hydroxylamine groups is 1. The van der Waals surface area contributed by atoms with E-state index in [1.165, 1.54) is 11.7 Å². The van der Waals surface area contributed by atoms with Crippen LogP contribution in [0, 0.1) is 0 Å². The van der Waals surface area contributed by atoms with Crippen LogP contribution in [0.2, 0.25) is 0 Å². The van der Waals surface area contributed by atoms with Gasteiger partial charge in [-0.1, -0.05) is 0 Å². The molecule has 1 amide bonds.